The highest BCUT2D eigenvalue weighted by molar-refractivity contribution is 9.11. The number of halogens is 2. The van der Waals surface area contributed by atoms with Gasteiger partial charge in [-0.2, -0.15) is 0 Å². The van der Waals surface area contributed by atoms with Gasteiger partial charge in [0.05, 0.1) is 4.47 Å². The van der Waals surface area contributed by atoms with Crippen LogP contribution in [0.15, 0.2) is 27.5 Å². The maximum atomic E-state index is 5.42. The van der Waals surface area contributed by atoms with E-state index < -0.39 is 0 Å². The van der Waals surface area contributed by atoms with E-state index in [9.17, 15) is 0 Å². The minimum Gasteiger partial charge on any atom is -0.387 e. The predicted molar refractivity (Wildman–Crippen MR) is 70.4 cm³/mol. The van der Waals surface area contributed by atoms with Gasteiger partial charge in [-0.25, -0.2) is 14.6 Å². The van der Waals surface area contributed by atoms with Crippen molar-refractivity contribution in [2.75, 3.05) is 0 Å². The van der Waals surface area contributed by atoms with E-state index in [4.69, 9.17) is 18.0 Å². The standard InChI is InChI=1S/C8H5Br2N5S/c9-4-1-5(10)8(12-2-4)15-3-13-7(14-15)6(11)16/h1-3H,(H2,11,16). The molecule has 2 N–H and O–H groups in total. The molecule has 2 aromatic heterocycles. The van der Waals surface area contributed by atoms with Crippen LogP contribution in [0.3, 0.4) is 0 Å². The van der Waals surface area contributed by atoms with E-state index in [1.165, 1.54) is 11.0 Å². The van der Waals surface area contributed by atoms with E-state index in [0.29, 0.717) is 11.6 Å². The number of hydrogen-bond acceptors (Lipinski definition) is 4. The summed E-state index contributed by atoms with van der Waals surface area (Å²) in [5.41, 5.74) is 5.42. The fourth-order valence-electron chi connectivity index (χ4n) is 1.05. The SMILES string of the molecule is NC(=S)c1ncn(-c2ncc(Br)cc2Br)n1. The maximum absolute atomic E-state index is 5.42. The summed E-state index contributed by atoms with van der Waals surface area (Å²) in [6.07, 6.45) is 3.18. The molecule has 0 fully saturated rings. The number of aromatic nitrogens is 4. The highest BCUT2D eigenvalue weighted by atomic mass is 79.9. The third-order valence-electron chi connectivity index (χ3n) is 1.72. The maximum Gasteiger partial charge on any atom is 0.208 e. The highest BCUT2D eigenvalue weighted by Gasteiger charge is 2.09. The van der Waals surface area contributed by atoms with Crippen molar-refractivity contribution in [1.29, 1.82) is 0 Å². The first kappa shape index (κ1) is 11.6. The molecule has 0 unspecified atom stereocenters. The molecule has 0 bridgehead atoms. The van der Waals surface area contributed by atoms with Crippen LogP contribution in [0.4, 0.5) is 0 Å². The molecule has 0 aliphatic carbocycles. The molecular weight excluding hydrogens is 358 g/mol. The molecule has 0 aliphatic heterocycles. The van der Waals surface area contributed by atoms with Crippen LogP contribution in [-0.2, 0) is 0 Å². The summed E-state index contributed by atoms with van der Waals surface area (Å²) >= 11 is 11.5. The van der Waals surface area contributed by atoms with Crippen molar-refractivity contribution in [2.45, 2.75) is 0 Å². The number of rotatable bonds is 2. The average Bonchev–Trinajstić information content (AvgIpc) is 2.66. The van der Waals surface area contributed by atoms with Gasteiger partial charge in [0.1, 0.15) is 11.3 Å². The van der Waals surface area contributed by atoms with E-state index in [2.05, 4.69) is 46.9 Å². The third kappa shape index (κ3) is 2.28. The summed E-state index contributed by atoms with van der Waals surface area (Å²) in [6.45, 7) is 0. The molecule has 0 radical (unpaired) electrons. The zero-order valence-corrected chi connectivity index (χ0v) is 11.8. The average molecular weight is 363 g/mol. The van der Waals surface area contributed by atoms with Crippen molar-refractivity contribution in [3.05, 3.63) is 33.4 Å². The summed E-state index contributed by atoms with van der Waals surface area (Å²) in [5, 5.41) is 4.10. The predicted octanol–water partition coefficient (Wildman–Crippen LogP) is 1.82. The van der Waals surface area contributed by atoms with E-state index >= 15 is 0 Å². The Kier molecular flexibility index (Phi) is 3.31. The Hall–Kier alpha value is -0.860. The molecule has 2 heterocycles. The summed E-state index contributed by atoms with van der Waals surface area (Å²) < 4.78 is 3.17. The summed E-state index contributed by atoms with van der Waals surface area (Å²) in [4.78, 5) is 8.33. The lowest BCUT2D eigenvalue weighted by atomic mass is 10.5. The molecule has 5 nitrogen and oxygen atoms in total. The molecule has 2 aromatic rings. The van der Waals surface area contributed by atoms with Gasteiger partial charge in [0.2, 0.25) is 5.82 Å². The van der Waals surface area contributed by atoms with Crippen LogP contribution in [0.25, 0.3) is 5.82 Å². The Morgan fingerprint density at radius 3 is 2.69 bits per heavy atom. The quantitative estimate of drug-likeness (QED) is 0.825. The molecular formula is C8H5Br2N5S. The topological polar surface area (TPSA) is 69.6 Å². The highest BCUT2D eigenvalue weighted by Crippen LogP contribution is 2.21. The molecule has 8 heteroatoms. The first-order valence-electron chi connectivity index (χ1n) is 4.11. The molecule has 0 saturated carbocycles. The van der Waals surface area contributed by atoms with Gasteiger partial charge < -0.3 is 5.73 Å². The molecule has 0 aliphatic rings. The Morgan fingerprint density at radius 1 is 1.38 bits per heavy atom. The first-order valence-corrected chi connectivity index (χ1v) is 6.10. The van der Waals surface area contributed by atoms with Crippen LogP contribution in [-0.4, -0.2) is 24.7 Å². The lowest BCUT2D eigenvalue weighted by molar-refractivity contribution is 0.836. The van der Waals surface area contributed by atoms with Crippen LogP contribution in [0.2, 0.25) is 0 Å². The largest absolute Gasteiger partial charge is 0.387 e. The molecule has 82 valence electrons. The van der Waals surface area contributed by atoms with Gasteiger partial charge in [-0.05, 0) is 37.9 Å². The van der Waals surface area contributed by atoms with Gasteiger partial charge in [-0.3, -0.25) is 0 Å². The van der Waals surface area contributed by atoms with Crippen molar-refractivity contribution >= 4 is 49.1 Å². The van der Waals surface area contributed by atoms with E-state index in [1.807, 2.05) is 6.07 Å². The zero-order valence-electron chi connectivity index (χ0n) is 7.76. The Labute approximate surface area is 113 Å². The van der Waals surface area contributed by atoms with Crippen molar-refractivity contribution in [3.8, 4) is 5.82 Å². The monoisotopic (exact) mass is 361 g/mol. The van der Waals surface area contributed by atoms with Gasteiger partial charge in [0.25, 0.3) is 0 Å². The number of hydrogen-bond donors (Lipinski definition) is 1. The van der Waals surface area contributed by atoms with Crippen LogP contribution in [0.1, 0.15) is 5.82 Å². The van der Waals surface area contributed by atoms with Crippen LogP contribution >= 0.6 is 44.1 Å². The lowest BCUT2D eigenvalue weighted by Gasteiger charge is -2.02. The Bertz CT molecular complexity index is 553. The molecule has 0 amide bonds. The van der Waals surface area contributed by atoms with E-state index in [0.717, 1.165) is 8.95 Å². The molecule has 0 aromatic carbocycles. The van der Waals surface area contributed by atoms with Crippen molar-refractivity contribution in [2.24, 2.45) is 5.73 Å². The zero-order chi connectivity index (χ0) is 11.7. The van der Waals surface area contributed by atoms with Crippen LogP contribution in [0, 0.1) is 0 Å². The minimum absolute atomic E-state index is 0.159. The van der Waals surface area contributed by atoms with Gasteiger partial charge >= 0.3 is 0 Å². The molecule has 0 saturated heterocycles. The Balaban J connectivity index is 2.46. The van der Waals surface area contributed by atoms with Gasteiger partial charge in [-0.15, -0.1) is 5.10 Å². The fraction of sp³-hybridized carbons (Fsp3) is 0. The summed E-state index contributed by atoms with van der Waals surface area (Å²) in [6, 6.07) is 1.87. The van der Waals surface area contributed by atoms with Crippen molar-refractivity contribution in [1.82, 2.24) is 19.7 Å². The van der Waals surface area contributed by atoms with Crippen molar-refractivity contribution < 1.29 is 0 Å². The second-order valence-corrected chi connectivity index (χ2v) is 5.05. The number of nitrogens with two attached hydrogens (primary N) is 1. The normalized spacial score (nSPS) is 10.4. The molecule has 0 atom stereocenters. The number of thiocarbonyl (C=S) groups is 1. The van der Waals surface area contributed by atoms with Gasteiger partial charge in [0, 0.05) is 10.7 Å². The van der Waals surface area contributed by atoms with Gasteiger partial charge in [0.15, 0.2) is 5.82 Å². The number of pyridine rings is 1. The van der Waals surface area contributed by atoms with Crippen LogP contribution < -0.4 is 5.73 Å². The van der Waals surface area contributed by atoms with E-state index in [1.54, 1.807) is 6.20 Å². The molecule has 0 spiro atoms. The number of nitrogens with zero attached hydrogens (tertiary/aromatic N) is 4. The lowest BCUT2D eigenvalue weighted by Crippen LogP contribution is -2.12. The first-order chi connectivity index (χ1) is 7.58. The van der Waals surface area contributed by atoms with Crippen molar-refractivity contribution in [3.63, 3.8) is 0 Å². The van der Waals surface area contributed by atoms with Gasteiger partial charge in [-0.1, -0.05) is 12.2 Å². The minimum atomic E-state index is 0.159. The van der Waals surface area contributed by atoms with Crippen LogP contribution in [0.5, 0.6) is 0 Å². The second-order valence-electron chi connectivity index (χ2n) is 2.84. The molecule has 2 rings (SSSR count). The fourth-order valence-corrected chi connectivity index (χ4v) is 2.32. The summed E-state index contributed by atoms with van der Waals surface area (Å²) in [5.74, 6) is 0.949. The Morgan fingerprint density at radius 2 is 2.12 bits per heavy atom. The second kappa shape index (κ2) is 4.56. The molecule has 16 heavy (non-hydrogen) atoms. The summed E-state index contributed by atoms with van der Waals surface area (Å²) in [7, 11) is 0. The van der Waals surface area contributed by atoms with E-state index in [-0.39, 0.29) is 4.99 Å². The third-order valence-corrected chi connectivity index (χ3v) is 2.92. The smallest absolute Gasteiger partial charge is 0.208 e.